The van der Waals surface area contributed by atoms with Crippen molar-refractivity contribution < 1.29 is 48.0 Å². The molecule has 160 valence electrons. The second kappa shape index (κ2) is 11.3. The second-order valence-corrected chi connectivity index (χ2v) is 13.1. The van der Waals surface area contributed by atoms with Crippen molar-refractivity contribution in [3.8, 4) is 0 Å². The molecular weight excluding hydrogens is 474 g/mol. The van der Waals surface area contributed by atoms with E-state index in [2.05, 4.69) is 38.2 Å². The molecule has 4 rings (SSSR count). The first-order chi connectivity index (χ1) is 13.2. The number of hydrogen-bond donors (Lipinski definition) is 0. The van der Waals surface area contributed by atoms with Gasteiger partial charge in [-0.25, -0.2) is 0 Å². The minimum Gasteiger partial charge on any atom is -1.00 e. The molecule has 4 aliphatic rings. The van der Waals surface area contributed by atoms with Gasteiger partial charge in [-0.05, 0) is 0 Å². The molecule has 0 amide bonds. The zero-order chi connectivity index (χ0) is 18.7. The molecule has 0 N–H and O–H groups in total. The summed E-state index contributed by atoms with van der Waals surface area (Å²) in [4.78, 5) is 0. The van der Waals surface area contributed by atoms with Crippen molar-refractivity contribution in [3.05, 3.63) is 42.0 Å². The fourth-order valence-electron chi connectivity index (χ4n) is 6.51. The van der Waals surface area contributed by atoms with Gasteiger partial charge >= 0.3 is 180 Å². The molecule has 3 heteroatoms. The zero-order valence-electron chi connectivity index (χ0n) is 18.5. The van der Waals surface area contributed by atoms with E-state index in [9.17, 15) is 0 Å². The Hall–Kier alpha value is 0.423. The molecule has 2 fully saturated rings. The van der Waals surface area contributed by atoms with E-state index in [-0.39, 0.29) is 24.8 Å². The summed E-state index contributed by atoms with van der Waals surface area (Å²) in [5.41, 5.74) is 4.76. The van der Waals surface area contributed by atoms with E-state index in [4.69, 9.17) is 0 Å². The Bertz CT molecular complexity index is 613. The van der Waals surface area contributed by atoms with Crippen LogP contribution in [0.3, 0.4) is 0 Å². The van der Waals surface area contributed by atoms with Crippen molar-refractivity contribution in [2.24, 2.45) is 10.8 Å². The Labute approximate surface area is 203 Å². The summed E-state index contributed by atoms with van der Waals surface area (Å²) in [6.07, 6.45) is 30.0. The Morgan fingerprint density at radius 1 is 0.655 bits per heavy atom. The molecule has 0 aromatic rings. The summed E-state index contributed by atoms with van der Waals surface area (Å²) < 4.78 is 3.89. The van der Waals surface area contributed by atoms with Crippen molar-refractivity contribution in [1.82, 2.24) is 0 Å². The fraction of sp³-hybridized carbons (Fsp3) is 0.692. The van der Waals surface area contributed by atoms with Crippen LogP contribution in [-0.2, 0) is 23.2 Å². The second-order valence-electron chi connectivity index (χ2n) is 9.51. The summed E-state index contributed by atoms with van der Waals surface area (Å²) in [5, 5.41) is 0. The Kier molecular flexibility index (Phi) is 10.0. The number of allylic oxidation sites excluding steroid dienone is 8. The van der Waals surface area contributed by atoms with E-state index in [0.29, 0.717) is 10.8 Å². The van der Waals surface area contributed by atoms with E-state index in [1.807, 2.05) is 17.7 Å². The zero-order valence-corrected chi connectivity index (χ0v) is 22.4. The van der Waals surface area contributed by atoms with Gasteiger partial charge in [-0.1, -0.05) is 0 Å². The molecule has 29 heavy (non-hydrogen) atoms. The van der Waals surface area contributed by atoms with Crippen LogP contribution in [0.2, 0.25) is 0 Å². The van der Waals surface area contributed by atoms with Crippen LogP contribution >= 0.6 is 0 Å². The molecule has 4 aliphatic carbocycles. The topological polar surface area (TPSA) is 0 Å². The van der Waals surface area contributed by atoms with E-state index >= 15 is 0 Å². The van der Waals surface area contributed by atoms with Gasteiger partial charge in [0.1, 0.15) is 0 Å². The molecule has 0 nitrogen and oxygen atoms in total. The molecule has 0 aromatic carbocycles. The Balaban J connectivity index is 0.00000150. The van der Waals surface area contributed by atoms with Gasteiger partial charge < -0.3 is 24.8 Å². The summed E-state index contributed by atoms with van der Waals surface area (Å²) in [6, 6.07) is 0. The third kappa shape index (κ3) is 5.09. The van der Waals surface area contributed by atoms with Crippen LogP contribution in [0.25, 0.3) is 0 Å². The van der Waals surface area contributed by atoms with Gasteiger partial charge in [-0.15, -0.1) is 0 Å². The van der Waals surface area contributed by atoms with Crippen LogP contribution in [0.5, 0.6) is 0 Å². The molecule has 0 heterocycles. The number of halogens is 2. The number of hydrogen-bond acceptors (Lipinski definition) is 0. The Morgan fingerprint density at radius 3 is 1.38 bits per heavy atom. The van der Waals surface area contributed by atoms with Crippen molar-refractivity contribution >= 4 is 0 Å². The summed E-state index contributed by atoms with van der Waals surface area (Å²) in [5.74, 6) is 0. The minimum absolute atomic E-state index is 0. The van der Waals surface area contributed by atoms with Gasteiger partial charge in [0.25, 0.3) is 0 Å². The molecule has 0 atom stereocenters. The van der Waals surface area contributed by atoms with Gasteiger partial charge in [0, 0.05) is 0 Å². The summed E-state index contributed by atoms with van der Waals surface area (Å²) in [7, 11) is 0. The maximum atomic E-state index is 2.57. The predicted octanol–water partition coefficient (Wildman–Crippen LogP) is 2.23. The van der Waals surface area contributed by atoms with Crippen LogP contribution in [-0.4, -0.2) is 0 Å². The molecular formula is C26H38Cl2Zr. The molecule has 0 spiro atoms. The van der Waals surface area contributed by atoms with Gasteiger partial charge in [0.2, 0.25) is 0 Å². The van der Waals surface area contributed by atoms with Gasteiger partial charge in [-0.3, -0.25) is 0 Å². The molecule has 0 aliphatic heterocycles. The first-order valence-electron chi connectivity index (χ1n) is 11.8. The summed E-state index contributed by atoms with van der Waals surface area (Å²) in [6.45, 7) is 4.92. The normalized spacial score (nSPS) is 24.9. The molecule has 2 saturated carbocycles. The smallest absolute Gasteiger partial charge is 1.00 e. The number of rotatable bonds is 6. The quantitative estimate of drug-likeness (QED) is 0.512. The monoisotopic (exact) mass is 510 g/mol. The van der Waals surface area contributed by atoms with Crippen molar-refractivity contribution in [2.75, 3.05) is 0 Å². The van der Waals surface area contributed by atoms with Crippen LogP contribution in [0, 0.1) is 10.8 Å². The van der Waals surface area contributed by atoms with E-state index < -0.39 is 23.2 Å². The van der Waals surface area contributed by atoms with Gasteiger partial charge in [0.05, 0.1) is 0 Å². The molecule has 0 radical (unpaired) electrons. The van der Waals surface area contributed by atoms with Gasteiger partial charge in [-0.2, -0.15) is 0 Å². The maximum Gasteiger partial charge on any atom is -1.00 e. The third-order valence-corrected chi connectivity index (χ3v) is 12.1. The summed E-state index contributed by atoms with van der Waals surface area (Å²) >= 11 is -0.623. The average Bonchev–Trinajstić information content (AvgIpc) is 3.39. The minimum atomic E-state index is -0.623. The first-order valence-corrected chi connectivity index (χ1v) is 14.3. The predicted molar refractivity (Wildman–Crippen MR) is 113 cm³/mol. The van der Waals surface area contributed by atoms with Crippen LogP contribution in [0.15, 0.2) is 42.0 Å². The largest absolute Gasteiger partial charge is 1.00 e. The molecule has 0 bridgehead atoms. The van der Waals surface area contributed by atoms with Crippen LogP contribution in [0.4, 0.5) is 0 Å². The van der Waals surface area contributed by atoms with Crippen LogP contribution < -0.4 is 24.8 Å². The van der Waals surface area contributed by atoms with Gasteiger partial charge in [0.15, 0.2) is 0 Å². The standard InChI is InChI=1S/2C13H19.2ClH.Zr/c2*1-2-13(10-6-3-7-11-13)12-8-4-5-9-12;;;/h2*4,8H,2-3,5-7,10-11H2,1H3;2*1H;/q;;;;+2/p-2. The average molecular weight is 513 g/mol. The third-order valence-electron chi connectivity index (χ3n) is 8.28. The van der Waals surface area contributed by atoms with E-state index in [1.165, 1.54) is 89.9 Å². The SMILES string of the molecule is CCC1(C2=[C]([Zr+2][C]3=C(C4(CC)CCCCC4)C=CC3)CC=C2)CCCCC1.[Cl-].[Cl-]. The van der Waals surface area contributed by atoms with E-state index in [0.717, 1.165) is 0 Å². The molecule has 0 aromatic heterocycles. The molecule has 0 saturated heterocycles. The van der Waals surface area contributed by atoms with Crippen molar-refractivity contribution in [3.63, 3.8) is 0 Å². The Morgan fingerprint density at radius 2 is 1.03 bits per heavy atom. The van der Waals surface area contributed by atoms with Crippen molar-refractivity contribution in [2.45, 2.75) is 104 Å². The fourth-order valence-corrected chi connectivity index (χ4v) is 10.9. The van der Waals surface area contributed by atoms with E-state index in [1.54, 1.807) is 0 Å². The molecule has 0 unspecified atom stereocenters. The maximum absolute atomic E-state index is 2.57. The van der Waals surface area contributed by atoms with Crippen LogP contribution in [0.1, 0.15) is 104 Å². The first kappa shape index (κ1) is 25.7. The van der Waals surface area contributed by atoms with Crippen molar-refractivity contribution in [1.29, 1.82) is 0 Å².